The van der Waals surface area contributed by atoms with Gasteiger partial charge in [-0.25, -0.2) is 0 Å². The molecule has 0 unspecified atom stereocenters. The predicted molar refractivity (Wildman–Crippen MR) is 55.8 cm³/mol. The fourth-order valence-electron chi connectivity index (χ4n) is 1.28. The van der Waals surface area contributed by atoms with Crippen LogP contribution in [0.25, 0.3) is 0 Å². The predicted octanol–water partition coefficient (Wildman–Crippen LogP) is 1.16. The maximum absolute atomic E-state index is 11.5. The van der Waals surface area contributed by atoms with Gasteiger partial charge in [-0.3, -0.25) is 14.9 Å². The molecule has 1 aromatic carbocycles. The molecule has 1 amide bonds. The van der Waals surface area contributed by atoms with E-state index in [2.05, 4.69) is 5.32 Å². The highest BCUT2D eigenvalue weighted by molar-refractivity contribution is 5.96. The Labute approximate surface area is 91.6 Å². The molecule has 16 heavy (non-hydrogen) atoms. The standard InChI is InChI=1S/C10H9N3O3/c1-7-8(10(14)12-6-5-11)3-2-4-9(7)13(15)16/h2-4H,6H2,1H3,(H,12,14). The molecule has 0 spiro atoms. The number of nitrogens with zero attached hydrogens (tertiary/aromatic N) is 2. The molecule has 0 atom stereocenters. The first-order valence-electron chi connectivity index (χ1n) is 4.47. The van der Waals surface area contributed by atoms with Crippen LogP contribution in [0, 0.1) is 28.4 Å². The molecule has 1 rings (SSSR count). The number of amides is 1. The number of nitrogens with one attached hydrogen (secondary N) is 1. The molecule has 6 nitrogen and oxygen atoms in total. The van der Waals surface area contributed by atoms with Crippen molar-refractivity contribution in [1.29, 1.82) is 5.26 Å². The van der Waals surface area contributed by atoms with E-state index < -0.39 is 10.8 Å². The Kier molecular flexibility index (Phi) is 3.56. The third kappa shape index (κ3) is 2.33. The Bertz CT molecular complexity index is 477. The maximum atomic E-state index is 11.5. The zero-order valence-corrected chi connectivity index (χ0v) is 8.56. The van der Waals surface area contributed by atoms with E-state index in [0.29, 0.717) is 5.56 Å². The first kappa shape index (κ1) is 11.7. The number of benzene rings is 1. The lowest BCUT2D eigenvalue weighted by molar-refractivity contribution is -0.385. The Morgan fingerprint density at radius 1 is 1.62 bits per heavy atom. The fourth-order valence-corrected chi connectivity index (χ4v) is 1.28. The molecule has 0 radical (unpaired) electrons. The molecule has 0 fully saturated rings. The van der Waals surface area contributed by atoms with Crippen LogP contribution in [0.2, 0.25) is 0 Å². The van der Waals surface area contributed by atoms with Crippen molar-refractivity contribution in [3.8, 4) is 6.07 Å². The molecule has 6 heteroatoms. The molecule has 0 aromatic heterocycles. The van der Waals surface area contributed by atoms with Gasteiger partial charge >= 0.3 is 0 Å². The molecule has 1 aromatic rings. The van der Waals surface area contributed by atoms with Crippen molar-refractivity contribution in [1.82, 2.24) is 5.32 Å². The average Bonchev–Trinajstić information content (AvgIpc) is 2.25. The van der Waals surface area contributed by atoms with Crippen molar-refractivity contribution < 1.29 is 9.72 Å². The minimum atomic E-state index is -0.545. The molecule has 0 saturated carbocycles. The summed E-state index contributed by atoms with van der Waals surface area (Å²) < 4.78 is 0. The number of carbonyl (C=O) groups excluding carboxylic acids is 1. The van der Waals surface area contributed by atoms with Crippen molar-refractivity contribution in [2.75, 3.05) is 6.54 Å². The van der Waals surface area contributed by atoms with Crippen LogP contribution in [0.3, 0.4) is 0 Å². The fraction of sp³-hybridized carbons (Fsp3) is 0.200. The first-order valence-corrected chi connectivity index (χ1v) is 4.47. The van der Waals surface area contributed by atoms with Gasteiger partial charge < -0.3 is 5.32 Å². The number of rotatable bonds is 3. The molecular formula is C10H9N3O3. The highest BCUT2D eigenvalue weighted by atomic mass is 16.6. The van der Waals surface area contributed by atoms with Crippen LogP contribution in [0.15, 0.2) is 18.2 Å². The normalized spacial score (nSPS) is 9.25. The van der Waals surface area contributed by atoms with E-state index >= 15 is 0 Å². The van der Waals surface area contributed by atoms with Gasteiger partial charge in [0.2, 0.25) is 0 Å². The lowest BCUT2D eigenvalue weighted by Gasteiger charge is -2.04. The zero-order chi connectivity index (χ0) is 12.1. The van der Waals surface area contributed by atoms with Gasteiger partial charge in [0.05, 0.1) is 11.0 Å². The van der Waals surface area contributed by atoms with Gasteiger partial charge in [-0.05, 0) is 13.0 Å². The monoisotopic (exact) mass is 219 g/mol. The molecule has 0 heterocycles. The molecule has 0 bridgehead atoms. The smallest absolute Gasteiger partial charge is 0.273 e. The number of nitro groups is 1. The second-order valence-corrected chi connectivity index (χ2v) is 3.05. The molecule has 0 aliphatic carbocycles. The van der Waals surface area contributed by atoms with Crippen LogP contribution in [0.5, 0.6) is 0 Å². The van der Waals surface area contributed by atoms with Crippen LogP contribution < -0.4 is 5.32 Å². The topological polar surface area (TPSA) is 96.0 Å². The summed E-state index contributed by atoms with van der Waals surface area (Å²) in [6.07, 6.45) is 0. The van der Waals surface area contributed by atoms with Crippen molar-refractivity contribution in [3.63, 3.8) is 0 Å². The second kappa shape index (κ2) is 4.89. The number of carbonyl (C=O) groups is 1. The summed E-state index contributed by atoms with van der Waals surface area (Å²) in [4.78, 5) is 21.6. The Morgan fingerprint density at radius 3 is 2.88 bits per heavy atom. The highest BCUT2D eigenvalue weighted by Gasteiger charge is 2.17. The van der Waals surface area contributed by atoms with E-state index in [1.807, 2.05) is 0 Å². The molecule has 82 valence electrons. The number of nitro benzene ring substituents is 1. The first-order chi connectivity index (χ1) is 7.57. The van der Waals surface area contributed by atoms with E-state index in [0.717, 1.165) is 0 Å². The number of hydrogen-bond acceptors (Lipinski definition) is 4. The van der Waals surface area contributed by atoms with Crippen LogP contribution in [-0.2, 0) is 0 Å². The quantitative estimate of drug-likeness (QED) is 0.468. The summed E-state index contributed by atoms with van der Waals surface area (Å²) in [6.45, 7) is 1.38. The van der Waals surface area contributed by atoms with E-state index in [-0.39, 0.29) is 17.8 Å². The van der Waals surface area contributed by atoms with Gasteiger partial charge in [0.15, 0.2) is 0 Å². The van der Waals surface area contributed by atoms with E-state index in [4.69, 9.17) is 5.26 Å². The lowest BCUT2D eigenvalue weighted by Crippen LogP contribution is -2.24. The van der Waals surface area contributed by atoms with Gasteiger partial charge in [0.1, 0.15) is 6.54 Å². The molecule has 0 saturated heterocycles. The van der Waals surface area contributed by atoms with Crippen molar-refractivity contribution in [3.05, 3.63) is 39.4 Å². The van der Waals surface area contributed by atoms with Crippen LogP contribution in [-0.4, -0.2) is 17.4 Å². The van der Waals surface area contributed by atoms with Crippen LogP contribution in [0.1, 0.15) is 15.9 Å². The summed E-state index contributed by atoms with van der Waals surface area (Å²) in [6, 6.07) is 6.01. The molecular weight excluding hydrogens is 210 g/mol. The second-order valence-electron chi connectivity index (χ2n) is 3.05. The lowest BCUT2D eigenvalue weighted by atomic mass is 10.1. The van der Waals surface area contributed by atoms with Gasteiger partial charge in [-0.1, -0.05) is 6.07 Å². The Morgan fingerprint density at radius 2 is 2.31 bits per heavy atom. The minimum absolute atomic E-state index is 0.107. The largest absolute Gasteiger partial charge is 0.339 e. The maximum Gasteiger partial charge on any atom is 0.273 e. The van der Waals surface area contributed by atoms with Crippen molar-refractivity contribution >= 4 is 11.6 Å². The van der Waals surface area contributed by atoms with E-state index in [9.17, 15) is 14.9 Å². The summed E-state index contributed by atoms with van der Waals surface area (Å²) in [5, 5.41) is 21.3. The molecule has 1 N–H and O–H groups in total. The van der Waals surface area contributed by atoms with Gasteiger partial charge in [0.25, 0.3) is 11.6 Å². The number of nitriles is 1. The molecule has 0 aliphatic rings. The highest BCUT2D eigenvalue weighted by Crippen LogP contribution is 2.20. The third-order valence-electron chi connectivity index (χ3n) is 2.07. The van der Waals surface area contributed by atoms with Crippen LogP contribution in [0.4, 0.5) is 5.69 Å². The Balaban J connectivity index is 3.07. The third-order valence-corrected chi connectivity index (χ3v) is 2.07. The Hall–Kier alpha value is -2.42. The van der Waals surface area contributed by atoms with Crippen molar-refractivity contribution in [2.24, 2.45) is 0 Å². The van der Waals surface area contributed by atoms with Crippen molar-refractivity contribution in [2.45, 2.75) is 6.92 Å². The number of hydrogen-bond donors (Lipinski definition) is 1. The molecule has 0 aliphatic heterocycles. The van der Waals surface area contributed by atoms with Gasteiger partial charge in [-0.2, -0.15) is 5.26 Å². The average molecular weight is 219 g/mol. The summed E-state index contributed by atoms with van der Waals surface area (Å²) in [5.74, 6) is -0.484. The minimum Gasteiger partial charge on any atom is -0.339 e. The van der Waals surface area contributed by atoms with E-state index in [1.165, 1.54) is 25.1 Å². The summed E-state index contributed by atoms with van der Waals surface area (Å²) in [5.41, 5.74) is 0.400. The summed E-state index contributed by atoms with van der Waals surface area (Å²) in [7, 11) is 0. The SMILES string of the molecule is Cc1c(C(=O)NCC#N)cccc1[N+](=O)[O-]. The van der Waals surface area contributed by atoms with Crippen LogP contribution >= 0.6 is 0 Å². The van der Waals surface area contributed by atoms with E-state index in [1.54, 1.807) is 6.07 Å². The van der Waals surface area contributed by atoms with Gasteiger partial charge in [-0.15, -0.1) is 0 Å². The summed E-state index contributed by atoms with van der Waals surface area (Å²) >= 11 is 0. The van der Waals surface area contributed by atoms with Gasteiger partial charge in [0, 0.05) is 17.2 Å². The zero-order valence-electron chi connectivity index (χ0n) is 8.56.